The average molecular weight is 317 g/mol. The molecule has 0 unspecified atom stereocenters. The molecule has 1 aliphatic rings. The van der Waals surface area contributed by atoms with Crippen LogP contribution in [0.1, 0.15) is 25.0 Å². The number of hydrogen-bond acceptors (Lipinski definition) is 3. The molecule has 2 rings (SSSR count). The van der Waals surface area contributed by atoms with Crippen LogP contribution in [0.4, 0.5) is 4.39 Å². The van der Waals surface area contributed by atoms with E-state index in [0.717, 1.165) is 5.75 Å². The van der Waals surface area contributed by atoms with Gasteiger partial charge in [-0.25, -0.2) is 12.8 Å². The minimum absolute atomic E-state index is 0.0901. The van der Waals surface area contributed by atoms with Crippen LogP contribution in [0, 0.1) is 19.7 Å². The smallest absolute Gasteiger partial charge is 0.207 e. The van der Waals surface area contributed by atoms with E-state index in [0.29, 0.717) is 24.2 Å². The molecule has 0 atom stereocenters. The molecule has 0 bridgehead atoms. The van der Waals surface area contributed by atoms with E-state index in [2.05, 4.69) is 0 Å². The summed E-state index contributed by atoms with van der Waals surface area (Å²) in [5.74, 6) is 0.388. The maximum Gasteiger partial charge on any atom is 0.243 e. The summed E-state index contributed by atoms with van der Waals surface area (Å²) in [6.07, 6.45) is 0. The monoisotopic (exact) mass is 317 g/mol. The maximum atomic E-state index is 13.4. The van der Waals surface area contributed by atoms with Crippen molar-refractivity contribution >= 4 is 21.8 Å². The van der Waals surface area contributed by atoms with E-state index in [1.165, 1.54) is 16.4 Å². The van der Waals surface area contributed by atoms with Crippen molar-refractivity contribution in [3.05, 3.63) is 29.1 Å². The lowest BCUT2D eigenvalue weighted by molar-refractivity contribution is 0.387. The van der Waals surface area contributed by atoms with Gasteiger partial charge in [0.2, 0.25) is 10.0 Å². The van der Waals surface area contributed by atoms with E-state index in [-0.39, 0.29) is 9.64 Å². The van der Waals surface area contributed by atoms with E-state index in [1.54, 1.807) is 25.6 Å². The maximum absolute atomic E-state index is 13.4. The Morgan fingerprint density at radius 3 is 2.30 bits per heavy atom. The number of aryl methyl sites for hydroxylation is 2. The number of sulfonamides is 1. The number of benzene rings is 1. The lowest BCUT2D eigenvalue weighted by Gasteiger charge is -2.37. The van der Waals surface area contributed by atoms with Crippen LogP contribution in [-0.2, 0) is 10.0 Å². The van der Waals surface area contributed by atoms with Gasteiger partial charge in [-0.15, -0.1) is 0 Å². The standard InChI is InChI=1S/C14H20FNO2S2/c1-10-7-12(15)8-11(2)13(10)20(17,18)16-5-6-19-14(3,4)9-16/h7-8H,5-6,9H2,1-4H3. The van der Waals surface area contributed by atoms with Crippen LogP contribution in [-0.4, -0.2) is 36.3 Å². The van der Waals surface area contributed by atoms with Crippen LogP contribution in [0.3, 0.4) is 0 Å². The Kier molecular flexibility index (Phi) is 4.19. The lowest BCUT2D eigenvalue weighted by atomic mass is 10.1. The molecule has 0 aromatic heterocycles. The number of nitrogens with zero attached hydrogens (tertiary/aromatic N) is 1. The zero-order valence-corrected chi connectivity index (χ0v) is 13.9. The van der Waals surface area contributed by atoms with Gasteiger partial charge in [0.15, 0.2) is 0 Å². The van der Waals surface area contributed by atoms with Gasteiger partial charge < -0.3 is 0 Å². The van der Waals surface area contributed by atoms with Gasteiger partial charge in [0.1, 0.15) is 5.82 Å². The van der Waals surface area contributed by atoms with Gasteiger partial charge in [0.25, 0.3) is 0 Å². The van der Waals surface area contributed by atoms with Gasteiger partial charge in [-0.1, -0.05) is 0 Å². The Balaban J connectivity index is 2.46. The van der Waals surface area contributed by atoms with Crippen molar-refractivity contribution in [3.63, 3.8) is 0 Å². The van der Waals surface area contributed by atoms with E-state index < -0.39 is 15.8 Å². The number of thioether (sulfide) groups is 1. The van der Waals surface area contributed by atoms with Crippen molar-refractivity contribution in [1.29, 1.82) is 0 Å². The zero-order valence-electron chi connectivity index (χ0n) is 12.2. The molecule has 1 aromatic rings. The van der Waals surface area contributed by atoms with Crippen molar-refractivity contribution in [3.8, 4) is 0 Å². The highest BCUT2D eigenvalue weighted by Gasteiger charge is 2.36. The van der Waals surface area contributed by atoms with Gasteiger partial charge in [0, 0.05) is 23.6 Å². The number of halogens is 1. The largest absolute Gasteiger partial charge is 0.243 e. The van der Waals surface area contributed by atoms with Crippen molar-refractivity contribution in [1.82, 2.24) is 4.31 Å². The van der Waals surface area contributed by atoms with E-state index in [9.17, 15) is 12.8 Å². The first-order valence-corrected chi connectivity index (χ1v) is 8.97. The van der Waals surface area contributed by atoms with E-state index in [4.69, 9.17) is 0 Å². The molecule has 1 aliphatic heterocycles. The Hall–Kier alpha value is -0.590. The summed E-state index contributed by atoms with van der Waals surface area (Å²) in [5.41, 5.74) is 0.942. The first-order valence-electron chi connectivity index (χ1n) is 6.54. The molecule has 0 amide bonds. The summed E-state index contributed by atoms with van der Waals surface area (Å²) >= 11 is 1.78. The second kappa shape index (κ2) is 5.31. The van der Waals surface area contributed by atoms with Crippen LogP contribution in [0.5, 0.6) is 0 Å². The van der Waals surface area contributed by atoms with Gasteiger partial charge in [0.05, 0.1) is 4.90 Å². The third-order valence-electron chi connectivity index (χ3n) is 3.41. The van der Waals surface area contributed by atoms with Crippen LogP contribution in [0.25, 0.3) is 0 Å². The SMILES string of the molecule is Cc1cc(F)cc(C)c1S(=O)(=O)N1CCSC(C)(C)C1. The lowest BCUT2D eigenvalue weighted by Crippen LogP contribution is -2.46. The summed E-state index contributed by atoms with van der Waals surface area (Å²) in [4.78, 5) is 0.251. The molecule has 20 heavy (non-hydrogen) atoms. The predicted molar refractivity (Wildman–Crippen MR) is 81.2 cm³/mol. The molecule has 1 aromatic carbocycles. The quantitative estimate of drug-likeness (QED) is 0.841. The highest BCUT2D eigenvalue weighted by Crippen LogP contribution is 2.34. The van der Waals surface area contributed by atoms with Crippen molar-refractivity contribution in [2.45, 2.75) is 37.3 Å². The molecular weight excluding hydrogens is 297 g/mol. The second-order valence-corrected chi connectivity index (χ2v) is 9.49. The summed E-state index contributed by atoms with van der Waals surface area (Å²) in [6.45, 7) is 8.37. The first kappa shape index (κ1) is 15.8. The molecule has 6 heteroatoms. The molecule has 0 aliphatic carbocycles. The van der Waals surface area contributed by atoms with Crippen LogP contribution in [0.15, 0.2) is 17.0 Å². The summed E-state index contributed by atoms with van der Waals surface area (Å²) in [6, 6.07) is 2.56. The highest BCUT2D eigenvalue weighted by atomic mass is 32.2. The topological polar surface area (TPSA) is 37.4 Å². The Labute approximate surface area is 124 Å². The third kappa shape index (κ3) is 3.02. The fraction of sp³-hybridized carbons (Fsp3) is 0.571. The first-order chi connectivity index (χ1) is 9.13. The van der Waals surface area contributed by atoms with Crippen molar-refractivity contribution < 1.29 is 12.8 Å². The summed E-state index contributed by atoms with van der Waals surface area (Å²) in [5, 5.41) is 0. The molecule has 1 saturated heterocycles. The Morgan fingerprint density at radius 2 is 1.80 bits per heavy atom. The van der Waals surface area contributed by atoms with Crippen molar-refractivity contribution in [2.75, 3.05) is 18.8 Å². The van der Waals surface area contributed by atoms with Gasteiger partial charge in [-0.2, -0.15) is 16.1 Å². The summed E-state index contributed by atoms with van der Waals surface area (Å²) in [7, 11) is -3.56. The van der Waals surface area contributed by atoms with Gasteiger partial charge in [-0.05, 0) is 51.0 Å². The average Bonchev–Trinajstić information content (AvgIpc) is 2.25. The molecule has 1 fully saturated rings. The molecule has 112 valence electrons. The Bertz CT molecular complexity index is 603. The number of rotatable bonds is 2. The molecular formula is C14H20FNO2S2. The fourth-order valence-electron chi connectivity index (χ4n) is 2.61. The molecule has 0 spiro atoms. The van der Waals surface area contributed by atoms with E-state index >= 15 is 0 Å². The predicted octanol–water partition coefficient (Wildman–Crippen LogP) is 2.96. The van der Waals surface area contributed by atoms with Crippen LogP contribution < -0.4 is 0 Å². The molecule has 3 nitrogen and oxygen atoms in total. The molecule has 1 heterocycles. The fourth-order valence-corrected chi connectivity index (χ4v) is 5.93. The Morgan fingerprint density at radius 1 is 1.25 bits per heavy atom. The minimum atomic E-state index is -3.56. The third-order valence-corrected chi connectivity index (χ3v) is 6.86. The van der Waals surface area contributed by atoms with Crippen LogP contribution >= 0.6 is 11.8 Å². The minimum Gasteiger partial charge on any atom is -0.207 e. The number of hydrogen-bond donors (Lipinski definition) is 0. The summed E-state index contributed by atoms with van der Waals surface area (Å²) < 4.78 is 40.4. The molecule has 0 saturated carbocycles. The van der Waals surface area contributed by atoms with Crippen LogP contribution in [0.2, 0.25) is 0 Å². The normalized spacial score (nSPS) is 20.1. The van der Waals surface area contributed by atoms with Gasteiger partial charge >= 0.3 is 0 Å². The molecule has 0 N–H and O–H groups in total. The second-order valence-electron chi connectivity index (χ2n) is 5.82. The van der Waals surface area contributed by atoms with Crippen molar-refractivity contribution in [2.24, 2.45) is 0 Å². The van der Waals surface area contributed by atoms with Gasteiger partial charge in [-0.3, -0.25) is 0 Å². The van der Waals surface area contributed by atoms with E-state index in [1.807, 2.05) is 13.8 Å². The molecule has 0 radical (unpaired) electrons. The zero-order chi connectivity index (χ0) is 15.1. The highest BCUT2D eigenvalue weighted by molar-refractivity contribution is 8.00.